The Morgan fingerprint density at radius 1 is 1.14 bits per heavy atom. The molecular weight excluding hydrogens is 488 g/mol. The molecule has 0 radical (unpaired) electrons. The Bertz CT molecular complexity index is 1480. The highest BCUT2D eigenvalue weighted by atomic mass is 35.5. The Hall–Kier alpha value is -3.16. The fourth-order valence-electron chi connectivity index (χ4n) is 6.04. The first-order chi connectivity index (χ1) is 17.7. The van der Waals surface area contributed by atoms with Gasteiger partial charge in [0, 0.05) is 30.2 Å². The minimum Gasteiger partial charge on any atom is -0.376 e. The van der Waals surface area contributed by atoms with E-state index in [0.717, 1.165) is 42.5 Å². The van der Waals surface area contributed by atoms with Crippen LogP contribution in [0.15, 0.2) is 59.1 Å². The Kier molecular flexibility index (Phi) is 5.69. The molecule has 37 heavy (non-hydrogen) atoms. The molecule has 0 unspecified atom stereocenters. The fraction of sp³-hybridized carbons (Fsp3) is 0.414. The van der Waals surface area contributed by atoms with Gasteiger partial charge in [0.15, 0.2) is 5.82 Å². The maximum atomic E-state index is 14.0. The second-order valence-electron chi connectivity index (χ2n) is 11.1. The van der Waals surface area contributed by atoms with Gasteiger partial charge in [-0.15, -0.1) is 0 Å². The molecule has 7 nitrogen and oxygen atoms in total. The molecule has 1 amide bonds. The number of carbonyl (C=O) groups is 1. The minimum absolute atomic E-state index is 0.00337. The molecule has 192 valence electrons. The van der Waals surface area contributed by atoms with Crippen LogP contribution in [-0.2, 0) is 10.3 Å². The number of fused-ring (bicyclic) bond motifs is 1. The molecule has 1 saturated carbocycles. The van der Waals surface area contributed by atoms with E-state index >= 15 is 0 Å². The Morgan fingerprint density at radius 3 is 2.54 bits per heavy atom. The normalized spacial score (nSPS) is 24.8. The van der Waals surface area contributed by atoms with Crippen molar-refractivity contribution in [1.82, 2.24) is 14.7 Å². The molecule has 2 aliphatic rings. The second kappa shape index (κ2) is 8.71. The van der Waals surface area contributed by atoms with Gasteiger partial charge in [0.25, 0.3) is 5.91 Å². The van der Waals surface area contributed by atoms with E-state index in [1.165, 1.54) is 5.56 Å². The van der Waals surface area contributed by atoms with E-state index in [1.807, 2.05) is 43.4 Å². The number of anilines is 1. The molecule has 1 saturated heterocycles. The third-order valence-corrected chi connectivity index (χ3v) is 8.27. The van der Waals surface area contributed by atoms with Crippen molar-refractivity contribution < 1.29 is 14.1 Å². The highest BCUT2D eigenvalue weighted by Gasteiger charge is 2.59. The smallest absolute Gasteiger partial charge is 0.320 e. The second-order valence-corrected chi connectivity index (χ2v) is 11.4. The van der Waals surface area contributed by atoms with Gasteiger partial charge in [-0.05, 0) is 92.4 Å². The van der Waals surface area contributed by atoms with Crippen molar-refractivity contribution in [2.75, 3.05) is 18.6 Å². The molecule has 0 bridgehead atoms. The van der Waals surface area contributed by atoms with Gasteiger partial charge in [0.05, 0.1) is 5.60 Å². The van der Waals surface area contributed by atoms with Crippen molar-refractivity contribution in [3.8, 4) is 0 Å². The molecule has 1 aliphatic heterocycles. The van der Waals surface area contributed by atoms with Crippen molar-refractivity contribution in [3.05, 3.63) is 77.0 Å². The number of ether oxygens (including phenoxy) is 1. The van der Waals surface area contributed by atoms with Crippen LogP contribution in [0.2, 0.25) is 5.35 Å². The topological polar surface area (TPSA) is 73.4 Å². The van der Waals surface area contributed by atoms with Crippen LogP contribution >= 0.6 is 11.6 Å². The van der Waals surface area contributed by atoms with Gasteiger partial charge in [-0.3, -0.25) is 4.79 Å². The number of halogens is 1. The summed E-state index contributed by atoms with van der Waals surface area (Å²) < 4.78 is 13.2. The number of benzene rings is 2. The van der Waals surface area contributed by atoms with Crippen LogP contribution in [0, 0.1) is 5.92 Å². The Morgan fingerprint density at radius 2 is 1.89 bits per heavy atom. The van der Waals surface area contributed by atoms with E-state index in [0.29, 0.717) is 17.4 Å². The zero-order valence-electron chi connectivity index (χ0n) is 21.6. The molecule has 2 aromatic carbocycles. The Labute approximate surface area is 221 Å². The SMILES string of the molecule is C[C@H]1C[C@]1(c1noc(Cl)n1)n1c(C(=O)N(C)c2ccccc2)cc2cc([C@H]3CCOC(C)(C)C3)ccc21. The van der Waals surface area contributed by atoms with Crippen molar-refractivity contribution in [1.29, 1.82) is 0 Å². The number of para-hydroxylation sites is 1. The van der Waals surface area contributed by atoms with Crippen LogP contribution < -0.4 is 4.90 Å². The minimum atomic E-state index is -0.594. The zero-order chi connectivity index (χ0) is 25.9. The predicted octanol–water partition coefficient (Wildman–Crippen LogP) is 6.41. The predicted molar refractivity (Wildman–Crippen MR) is 143 cm³/mol. The number of hydrogen-bond acceptors (Lipinski definition) is 5. The van der Waals surface area contributed by atoms with Crippen LogP contribution in [0.4, 0.5) is 5.69 Å². The van der Waals surface area contributed by atoms with Gasteiger partial charge in [-0.2, -0.15) is 4.98 Å². The summed E-state index contributed by atoms with van der Waals surface area (Å²) >= 11 is 6.05. The van der Waals surface area contributed by atoms with E-state index in [2.05, 4.69) is 53.7 Å². The summed E-state index contributed by atoms with van der Waals surface area (Å²) in [6.45, 7) is 7.20. The van der Waals surface area contributed by atoms with Gasteiger partial charge in [-0.1, -0.05) is 36.3 Å². The third kappa shape index (κ3) is 4.05. The molecule has 4 aromatic rings. The molecule has 1 aliphatic carbocycles. The first-order valence-corrected chi connectivity index (χ1v) is 13.2. The summed E-state index contributed by atoms with van der Waals surface area (Å²) in [5.74, 6) is 1.03. The first kappa shape index (κ1) is 24.2. The lowest BCUT2D eigenvalue weighted by atomic mass is 9.83. The van der Waals surface area contributed by atoms with Crippen molar-refractivity contribution >= 4 is 34.1 Å². The van der Waals surface area contributed by atoms with Gasteiger partial charge >= 0.3 is 5.35 Å². The molecule has 3 atom stereocenters. The number of amides is 1. The highest BCUT2D eigenvalue weighted by molar-refractivity contribution is 6.27. The van der Waals surface area contributed by atoms with E-state index in [4.69, 9.17) is 20.9 Å². The number of aromatic nitrogens is 3. The van der Waals surface area contributed by atoms with E-state index in [-0.39, 0.29) is 22.8 Å². The molecule has 3 heterocycles. The standard InChI is InChI=1S/C29H31ClN4O3/c1-18-16-29(18,26-31-27(30)37-32-26)34-23-11-10-19(20-12-13-36-28(2,3)17-20)14-21(23)15-24(34)25(35)33(4)22-8-6-5-7-9-22/h5-11,14-15,18,20H,12-13,16-17H2,1-4H3/t18-,20-,29-/m0/s1. The third-order valence-electron chi connectivity index (χ3n) is 8.12. The van der Waals surface area contributed by atoms with Crippen molar-refractivity contribution in [3.63, 3.8) is 0 Å². The van der Waals surface area contributed by atoms with Crippen LogP contribution in [0.5, 0.6) is 0 Å². The van der Waals surface area contributed by atoms with Crippen LogP contribution in [0.25, 0.3) is 10.9 Å². The average molecular weight is 519 g/mol. The number of rotatable bonds is 5. The molecule has 2 fully saturated rings. The zero-order valence-corrected chi connectivity index (χ0v) is 22.3. The number of nitrogens with zero attached hydrogens (tertiary/aromatic N) is 4. The van der Waals surface area contributed by atoms with Crippen LogP contribution in [0.3, 0.4) is 0 Å². The molecule has 8 heteroatoms. The largest absolute Gasteiger partial charge is 0.376 e. The van der Waals surface area contributed by atoms with Crippen molar-refractivity contribution in [2.24, 2.45) is 5.92 Å². The average Bonchev–Trinajstić information content (AvgIpc) is 3.19. The number of hydrogen-bond donors (Lipinski definition) is 0. The monoisotopic (exact) mass is 518 g/mol. The summed E-state index contributed by atoms with van der Waals surface area (Å²) in [7, 11) is 1.81. The van der Waals surface area contributed by atoms with Gasteiger partial charge < -0.3 is 18.7 Å². The van der Waals surface area contributed by atoms with Gasteiger partial charge in [0.2, 0.25) is 0 Å². The summed E-state index contributed by atoms with van der Waals surface area (Å²) in [6, 6.07) is 18.3. The van der Waals surface area contributed by atoms with Crippen LogP contribution in [-0.4, -0.2) is 39.9 Å². The lowest BCUT2D eigenvalue weighted by Crippen LogP contribution is -2.33. The molecule has 0 N–H and O–H groups in total. The maximum absolute atomic E-state index is 14.0. The number of carbonyl (C=O) groups excluding carboxylic acids is 1. The molecule has 0 spiro atoms. The lowest BCUT2D eigenvalue weighted by molar-refractivity contribution is -0.0592. The molecule has 6 rings (SSSR count). The van der Waals surface area contributed by atoms with Gasteiger partial charge in [-0.25, -0.2) is 0 Å². The molecular formula is C29H31ClN4O3. The van der Waals surface area contributed by atoms with Gasteiger partial charge in [0.1, 0.15) is 11.2 Å². The first-order valence-electron chi connectivity index (χ1n) is 12.8. The van der Waals surface area contributed by atoms with Crippen molar-refractivity contribution in [2.45, 2.75) is 57.1 Å². The lowest BCUT2D eigenvalue weighted by Gasteiger charge is -2.35. The summed E-state index contributed by atoms with van der Waals surface area (Å²) in [4.78, 5) is 20.1. The maximum Gasteiger partial charge on any atom is 0.320 e. The van der Waals surface area contributed by atoms with E-state index < -0.39 is 5.54 Å². The summed E-state index contributed by atoms with van der Waals surface area (Å²) in [5.41, 5.74) is 2.94. The summed E-state index contributed by atoms with van der Waals surface area (Å²) in [5, 5.41) is 5.23. The highest BCUT2D eigenvalue weighted by Crippen LogP contribution is 2.56. The van der Waals surface area contributed by atoms with E-state index in [9.17, 15) is 4.79 Å². The fourth-order valence-corrected chi connectivity index (χ4v) is 6.16. The molecule has 2 aromatic heterocycles. The quantitative estimate of drug-likeness (QED) is 0.305. The Balaban J connectivity index is 1.50. The van der Waals surface area contributed by atoms with E-state index in [1.54, 1.807) is 4.90 Å². The summed E-state index contributed by atoms with van der Waals surface area (Å²) in [6.07, 6.45) is 2.74. The van der Waals surface area contributed by atoms with Crippen LogP contribution in [0.1, 0.15) is 67.8 Å².